The number of carbonyl (C=O) groups is 2. The molecule has 9 heteroatoms. The predicted molar refractivity (Wildman–Crippen MR) is 85.6 cm³/mol. The van der Waals surface area contributed by atoms with Gasteiger partial charge in [0.1, 0.15) is 6.54 Å². The molecular weight excluding hydrogens is 322 g/mol. The number of hydrogen-bond acceptors (Lipinski definition) is 5. The zero-order valence-electron chi connectivity index (χ0n) is 13.3. The standard InChI is InChI=1S/C14H21N3O5S/c1-4-10(2)16-14(19)17-11-6-5-7-12(8-11)23(20,21)15-9-13(18)22-3/h5-8,10,15H,4,9H2,1-3H3,(H2,16,17,19)/t10-/m0/s1. The van der Waals surface area contributed by atoms with Gasteiger partial charge in [-0.15, -0.1) is 0 Å². The van der Waals surface area contributed by atoms with Crippen LogP contribution in [0.5, 0.6) is 0 Å². The summed E-state index contributed by atoms with van der Waals surface area (Å²) in [7, 11) is -2.71. The third-order valence-corrected chi connectivity index (χ3v) is 4.43. The van der Waals surface area contributed by atoms with E-state index in [4.69, 9.17) is 0 Å². The molecule has 1 aromatic rings. The first kappa shape index (κ1) is 18.9. The average Bonchev–Trinajstić information content (AvgIpc) is 2.52. The van der Waals surface area contributed by atoms with Gasteiger partial charge in [-0.05, 0) is 31.5 Å². The first-order valence-electron chi connectivity index (χ1n) is 7.02. The number of anilines is 1. The van der Waals surface area contributed by atoms with Crippen LogP contribution in [0.3, 0.4) is 0 Å². The lowest BCUT2D eigenvalue weighted by Gasteiger charge is -2.13. The second-order valence-electron chi connectivity index (χ2n) is 4.84. The number of carbonyl (C=O) groups excluding carboxylic acids is 2. The summed E-state index contributed by atoms with van der Waals surface area (Å²) in [6.45, 7) is 3.33. The van der Waals surface area contributed by atoms with Crippen LogP contribution in [0.4, 0.5) is 10.5 Å². The van der Waals surface area contributed by atoms with Crippen molar-refractivity contribution in [3.63, 3.8) is 0 Å². The predicted octanol–water partition coefficient (Wildman–Crippen LogP) is 1.06. The summed E-state index contributed by atoms with van der Waals surface area (Å²) < 4.78 is 30.6. The van der Waals surface area contributed by atoms with E-state index >= 15 is 0 Å². The van der Waals surface area contributed by atoms with Crippen molar-refractivity contribution in [2.45, 2.75) is 31.2 Å². The van der Waals surface area contributed by atoms with Crippen molar-refractivity contribution in [2.24, 2.45) is 0 Å². The highest BCUT2D eigenvalue weighted by Crippen LogP contribution is 2.15. The lowest BCUT2D eigenvalue weighted by atomic mass is 10.3. The van der Waals surface area contributed by atoms with Gasteiger partial charge in [-0.3, -0.25) is 4.79 Å². The summed E-state index contributed by atoms with van der Waals surface area (Å²) in [5, 5.41) is 5.27. The molecule has 0 saturated heterocycles. The number of methoxy groups -OCH3 is 1. The summed E-state index contributed by atoms with van der Waals surface area (Å²) in [6, 6.07) is 5.30. The van der Waals surface area contributed by atoms with Crippen molar-refractivity contribution in [1.29, 1.82) is 0 Å². The number of urea groups is 1. The molecule has 0 fully saturated rings. The molecule has 0 aromatic heterocycles. The van der Waals surface area contributed by atoms with Crippen molar-refractivity contribution in [3.8, 4) is 0 Å². The summed E-state index contributed by atoms with van der Waals surface area (Å²) in [5.41, 5.74) is 0.326. The molecule has 0 saturated carbocycles. The topological polar surface area (TPSA) is 114 Å². The lowest BCUT2D eigenvalue weighted by molar-refractivity contribution is -0.139. The molecule has 3 N–H and O–H groups in total. The molecule has 23 heavy (non-hydrogen) atoms. The molecule has 0 bridgehead atoms. The largest absolute Gasteiger partial charge is 0.468 e. The van der Waals surface area contributed by atoms with E-state index in [1.54, 1.807) is 6.07 Å². The Balaban J connectivity index is 2.79. The summed E-state index contributed by atoms with van der Waals surface area (Å²) in [4.78, 5) is 22.7. The van der Waals surface area contributed by atoms with Crippen molar-refractivity contribution < 1.29 is 22.7 Å². The van der Waals surface area contributed by atoms with Crippen molar-refractivity contribution in [3.05, 3.63) is 24.3 Å². The second kappa shape index (κ2) is 8.49. The lowest BCUT2D eigenvalue weighted by Crippen LogP contribution is -2.35. The van der Waals surface area contributed by atoms with Crippen LogP contribution in [-0.4, -0.2) is 40.1 Å². The molecule has 128 valence electrons. The van der Waals surface area contributed by atoms with Gasteiger partial charge in [0, 0.05) is 11.7 Å². The Labute approximate surface area is 135 Å². The number of amides is 2. The van der Waals surface area contributed by atoms with Crippen LogP contribution >= 0.6 is 0 Å². The minimum Gasteiger partial charge on any atom is -0.468 e. The maximum Gasteiger partial charge on any atom is 0.320 e. The third-order valence-electron chi connectivity index (χ3n) is 3.03. The first-order chi connectivity index (χ1) is 10.8. The number of hydrogen-bond donors (Lipinski definition) is 3. The van der Waals surface area contributed by atoms with Crippen LogP contribution in [0.25, 0.3) is 0 Å². The fourth-order valence-electron chi connectivity index (χ4n) is 1.54. The molecule has 0 aliphatic heterocycles. The van der Waals surface area contributed by atoms with E-state index in [0.29, 0.717) is 5.69 Å². The van der Waals surface area contributed by atoms with Crippen LogP contribution < -0.4 is 15.4 Å². The Morgan fingerprint density at radius 3 is 2.61 bits per heavy atom. The number of nitrogens with one attached hydrogen (secondary N) is 3. The van der Waals surface area contributed by atoms with E-state index in [2.05, 4.69) is 20.1 Å². The van der Waals surface area contributed by atoms with E-state index in [-0.39, 0.29) is 10.9 Å². The minimum atomic E-state index is -3.87. The van der Waals surface area contributed by atoms with Crippen LogP contribution in [0.2, 0.25) is 0 Å². The maximum atomic E-state index is 12.1. The number of sulfonamides is 1. The van der Waals surface area contributed by atoms with E-state index < -0.39 is 28.6 Å². The summed E-state index contributed by atoms with van der Waals surface area (Å²) in [6.07, 6.45) is 0.777. The fraction of sp³-hybridized carbons (Fsp3) is 0.429. The number of rotatable bonds is 7. The van der Waals surface area contributed by atoms with Crippen LogP contribution in [-0.2, 0) is 19.6 Å². The Hall–Kier alpha value is -2.13. The minimum absolute atomic E-state index is 0.00337. The van der Waals surface area contributed by atoms with Crippen LogP contribution in [0, 0.1) is 0 Å². The molecule has 0 aliphatic rings. The molecule has 2 amide bonds. The molecule has 0 radical (unpaired) electrons. The SMILES string of the molecule is CC[C@H](C)NC(=O)Nc1cccc(S(=O)(=O)NCC(=O)OC)c1. The average molecular weight is 343 g/mol. The third kappa shape index (κ3) is 6.25. The van der Waals surface area contributed by atoms with E-state index in [9.17, 15) is 18.0 Å². The smallest absolute Gasteiger partial charge is 0.320 e. The van der Waals surface area contributed by atoms with E-state index in [1.165, 1.54) is 18.2 Å². The van der Waals surface area contributed by atoms with Gasteiger partial charge >= 0.3 is 12.0 Å². The highest BCUT2D eigenvalue weighted by atomic mass is 32.2. The Morgan fingerprint density at radius 1 is 1.30 bits per heavy atom. The zero-order chi connectivity index (χ0) is 17.5. The van der Waals surface area contributed by atoms with Crippen molar-refractivity contribution in [2.75, 3.05) is 19.0 Å². The maximum absolute atomic E-state index is 12.1. The summed E-state index contributed by atoms with van der Waals surface area (Å²) >= 11 is 0. The molecule has 1 rings (SSSR count). The molecule has 0 spiro atoms. The highest BCUT2D eigenvalue weighted by Gasteiger charge is 2.16. The molecule has 1 aromatic carbocycles. The normalized spacial score (nSPS) is 12.3. The quantitative estimate of drug-likeness (QED) is 0.641. The first-order valence-corrected chi connectivity index (χ1v) is 8.51. The van der Waals surface area contributed by atoms with Crippen molar-refractivity contribution >= 4 is 27.7 Å². The van der Waals surface area contributed by atoms with Crippen molar-refractivity contribution in [1.82, 2.24) is 10.0 Å². The van der Waals surface area contributed by atoms with Crippen LogP contribution in [0.1, 0.15) is 20.3 Å². The second-order valence-corrected chi connectivity index (χ2v) is 6.60. The van der Waals surface area contributed by atoms with Gasteiger partial charge in [0.15, 0.2) is 0 Å². The van der Waals surface area contributed by atoms with Gasteiger partial charge in [-0.25, -0.2) is 13.2 Å². The Kier molecular flexibility index (Phi) is 6.98. The highest BCUT2D eigenvalue weighted by molar-refractivity contribution is 7.89. The molecular formula is C14H21N3O5S. The summed E-state index contributed by atoms with van der Waals surface area (Å²) in [5.74, 6) is -0.698. The van der Waals surface area contributed by atoms with Gasteiger partial charge in [0.25, 0.3) is 0 Å². The Bertz CT molecular complexity index is 660. The van der Waals surface area contributed by atoms with E-state index in [1.807, 2.05) is 13.8 Å². The molecule has 0 unspecified atom stereocenters. The number of ether oxygens (including phenoxy) is 1. The van der Waals surface area contributed by atoms with Gasteiger partial charge < -0.3 is 15.4 Å². The van der Waals surface area contributed by atoms with Gasteiger partial charge in [0.2, 0.25) is 10.0 Å². The molecule has 1 atom stereocenters. The van der Waals surface area contributed by atoms with Gasteiger partial charge in [0.05, 0.1) is 12.0 Å². The Morgan fingerprint density at radius 2 is 2.00 bits per heavy atom. The molecule has 0 heterocycles. The number of esters is 1. The molecule has 0 aliphatic carbocycles. The monoisotopic (exact) mass is 343 g/mol. The zero-order valence-corrected chi connectivity index (χ0v) is 14.1. The van der Waals surface area contributed by atoms with Gasteiger partial charge in [-0.1, -0.05) is 13.0 Å². The van der Waals surface area contributed by atoms with Gasteiger partial charge in [-0.2, -0.15) is 4.72 Å². The molecule has 8 nitrogen and oxygen atoms in total. The number of benzene rings is 1. The van der Waals surface area contributed by atoms with E-state index in [0.717, 1.165) is 13.5 Å². The fourth-order valence-corrected chi connectivity index (χ4v) is 2.56. The van der Waals surface area contributed by atoms with Crippen LogP contribution in [0.15, 0.2) is 29.2 Å².